The highest BCUT2D eigenvalue weighted by Gasteiger charge is 2.51. The van der Waals surface area contributed by atoms with Gasteiger partial charge in [-0.3, -0.25) is 5.10 Å². The first-order valence-corrected chi connectivity index (χ1v) is 7.83. The number of aliphatic hydroxyl groups is 1. The van der Waals surface area contributed by atoms with Crippen molar-refractivity contribution < 1.29 is 14.6 Å². The first kappa shape index (κ1) is 14.3. The average molecular weight is 332 g/mol. The SMILES string of the molecule is O=C1OC2(CCCC2)C(O)=C1c1nc(-c2ccc(Cl)cc2)n[nH]1. The first-order chi connectivity index (χ1) is 11.1. The number of halogens is 1. The van der Waals surface area contributed by atoms with Crippen LogP contribution in [-0.2, 0) is 9.53 Å². The number of hydrogen-bond donors (Lipinski definition) is 2. The predicted octanol–water partition coefficient (Wildman–Crippen LogP) is 3.26. The third kappa shape index (κ3) is 2.21. The number of nitrogens with one attached hydrogen (secondary N) is 1. The Bertz CT molecular complexity index is 804. The summed E-state index contributed by atoms with van der Waals surface area (Å²) in [7, 11) is 0. The summed E-state index contributed by atoms with van der Waals surface area (Å²) in [6, 6.07) is 7.05. The monoisotopic (exact) mass is 331 g/mol. The molecule has 6 nitrogen and oxygen atoms in total. The van der Waals surface area contributed by atoms with Crippen molar-refractivity contribution in [2.45, 2.75) is 31.3 Å². The van der Waals surface area contributed by atoms with Crippen LogP contribution in [0.4, 0.5) is 0 Å². The lowest BCUT2D eigenvalue weighted by atomic mass is 9.98. The van der Waals surface area contributed by atoms with E-state index in [2.05, 4.69) is 15.2 Å². The normalized spacial score (nSPS) is 19.6. The van der Waals surface area contributed by atoms with Gasteiger partial charge in [0.15, 0.2) is 23.0 Å². The van der Waals surface area contributed by atoms with Gasteiger partial charge in [0.25, 0.3) is 0 Å². The molecule has 1 fully saturated rings. The van der Waals surface area contributed by atoms with E-state index in [1.807, 2.05) is 0 Å². The van der Waals surface area contributed by atoms with Gasteiger partial charge in [0.1, 0.15) is 5.57 Å². The summed E-state index contributed by atoms with van der Waals surface area (Å²) in [5.74, 6) is 0.0698. The molecule has 0 saturated heterocycles. The highest BCUT2D eigenvalue weighted by Crippen LogP contribution is 2.45. The van der Waals surface area contributed by atoms with Crippen LogP contribution in [0.5, 0.6) is 0 Å². The lowest BCUT2D eigenvalue weighted by Gasteiger charge is -2.21. The van der Waals surface area contributed by atoms with Gasteiger partial charge in [0.05, 0.1) is 0 Å². The maximum atomic E-state index is 12.2. The molecule has 0 radical (unpaired) electrons. The van der Waals surface area contributed by atoms with E-state index in [4.69, 9.17) is 16.3 Å². The van der Waals surface area contributed by atoms with Crippen LogP contribution in [0.25, 0.3) is 17.0 Å². The number of aliphatic hydroxyl groups excluding tert-OH is 1. The lowest BCUT2D eigenvalue weighted by Crippen LogP contribution is -2.27. The van der Waals surface area contributed by atoms with E-state index >= 15 is 0 Å². The van der Waals surface area contributed by atoms with Gasteiger partial charge < -0.3 is 9.84 Å². The molecule has 1 aromatic heterocycles. The quantitative estimate of drug-likeness (QED) is 0.824. The van der Waals surface area contributed by atoms with Crippen LogP contribution in [0, 0.1) is 0 Å². The predicted molar refractivity (Wildman–Crippen MR) is 83.7 cm³/mol. The molecular formula is C16H14ClN3O3. The molecule has 1 saturated carbocycles. The second-order valence-corrected chi connectivity index (χ2v) is 6.27. The van der Waals surface area contributed by atoms with Crippen molar-refractivity contribution in [2.75, 3.05) is 0 Å². The smallest absolute Gasteiger partial charge is 0.346 e. The third-order valence-electron chi connectivity index (χ3n) is 4.40. The van der Waals surface area contributed by atoms with Crippen molar-refractivity contribution in [3.05, 3.63) is 40.9 Å². The Morgan fingerprint density at radius 2 is 1.91 bits per heavy atom. The fourth-order valence-electron chi connectivity index (χ4n) is 3.20. The van der Waals surface area contributed by atoms with Crippen LogP contribution >= 0.6 is 11.6 Å². The van der Waals surface area contributed by atoms with E-state index in [0.29, 0.717) is 23.7 Å². The molecule has 2 aromatic rings. The second-order valence-electron chi connectivity index (χ2n) is 5.83. The van der Waals surface area contributed by atoms with Crippen LogP contribution in [-0.4, -0.2) is 31.9 Å². The summed E-state index contributed by atoms with van der Waals surface area (Å²) >= 11 is 5.87. The second kappa shape index (κ2) is 5.09. The molecule has 0 amide bonds. The van der Waals surface area contributed by atoms with Gasteiger partial charge in [-0.15, -0.1) is 0 Å². The number of benzene rings is 1. The summed E-state index contributed by atoms with van der Waals surface area (Å²) in [4.78, 5) is 16.5. The van der Waals surface area contributed by atoms with E-state index in [0.717, 1.165) is 18.4 Å². The molecule has 1 aliphatic heterocycles. The Labute approximate surface area is 137 Å². The Balaban J connectivity index is 1.72. The van der Waals surface area contributed by atoms with Gasteiger partial charge in [-0.25, -0.2) is 9.78 Å². The summed E-state index contributed by atoms with van der Waals surface area (Å²) in [5.41, 5.74) is -0.0156. The molecule has 0 atom stereocenters. The summed E-state index contributed by atoms with van der Waals surface area (Å²) in [5, 5.41) is 18.0. The van der Waals surface area contributed by atoms with Crippen molar-refractivity contribution in [1.82, 2.24) is 15.2 Å². The number of hydrogen-bond acceptors (Lipinski definition) is 5. The number of nitrogens with zero attached hydrogens (tertiary/aromatic N) is 2. The van der Waals surface area contributed by atoms with Gasteiger partial charge in [-0.2, -0.15) is 5.10 Å². The minimum absolute atomic E-state index is 0.0289. The van der Waals surface area contributed by atoms with Crippen LogP contribution in [0.3, 0.4) is 0 Å². The molecule has 1 spiro atoms. The molecule has 7 heteroatoms. The third-order valence-corrected chi connectivity index (χ3v) is 4.65. The maximum Gasteiger partial charge on any atom is 0.346 e. The molecule has 2 N–H and O–H groups in total. The van der Waals surface area contributed by atoms with Crippen molar-refractivity contribution in [3.63, 3.8) is 0 Å². The summed E-state index contributed by atoms with van der Waals surface area (Å²) in [6.07, 6.45) is 3.15. The molecule has 0 bridgehead atoms. The Morgan fingerprint density at radius 1 is 1.22 bits per heavy atom. The Hall–Kier alpha value is -2.34. The van der Waals surface area contributed by atoms with Gasteiger partial charge in [-0.1, -0.05) is 11.6 Å². The summed E-state index contributed by atoms with van der Waals surface area (Å²) in [6.45, 7) is 0. The van der Waals surface area contributed by atoms with E-state index in [1.165, 1.54) is 0 Å². The largest absolute Gasteiger partial charge is 0.507 e. The van der Waals surface area contributed by atoms with E-state index in [9.17, 15) is 9.90 Å². The molecule has 1 aromatic carbocycles. The van der Waals surface area contributed by atoms with Crippen molar-refractivity contribution in [1.29, 1.82) is 0 Å². The van der Waals surface area contributed by atoms with Crippen LogP contribution in [0.2, 0.25) is 5.02 Å². The van der Waals surface area contributed by atoms with Gasteiger partial charge >= 0.3 is 5.97 Å². The zero-order valence-corrected chi connectivity index (χ0v) is 12.9. The van der Waals surface area contributed by atoms with Crippen LogP contribution < -0.4 is 0 Å². The average Bonchev–Trinajstić information content (AvgIpc) is 3.23. The number of ether oxygens (including phenoxy) is 1. The summed E-state index contributed by atoms with van der Waals surface area (Å²) < 4.78 is 5.45. The number of carbonyl (C=O) groups excluding carboxylic acids is 1. The van der Waals surface area contributed by atoms with Crippen molar-refractivity contribution in [3.8, 4) is 11.4 Å². The van der Waals surface area contributed by atoms with Gasteiger partial charge in [-0.05, 0) is 49.9 Å². The number of aromatic nitrogens is 3. The number of esters is 1. The Morgan fingerprint density at radius 3 is 2.61 bits per heavy atom. The van der Waals surface area contributed by atoms with Crippen LogP contribution in [0.1, 0.15) is 31.5 Å². The molecule has 4 rings (SSSR count). The maximum absolute atomic E-state index is 12.2. The fraction of sp³-hybridized carbons (Fsp3) is 0.312. The molecule has 0 unspecified atom stereocenters. The highest BCUT2D eigenvalue weighted by atomic mass is 35.5. The Kier molecular flexibility index (Phi) is 3.16. The standard InChI is InChI=1S/C16H14ClN3O3/c17-10-5-3-9(4-6-10)13-18-14(20-19-13)11-12(21)16(23-15(11)22)7-1-2-8-16/h3-6,21H,1-2,7-8H2,(H,18,19,20). The molecule has 118 valence electrons. The zero-order chi connectivity index (χ0) is 16.0. The number of carbonyl (C=O) groups is 1. The zero-order valence-electron chi connectivity index (χ0n) is 12.2. The number of H-pyrrole nitrogens is 1. The van der Waals surface area contributed by atoms with Crippen LogP contribution in [0.15, 0.2) is 30.0 Å². The molecule has 2 aliphatic rings. The fourth-order valence-corrected chi connectivity index (χ4v) is 3.32. The molecule has 23 heavy (non-hydrogen) atoms. The number of rotatable bonds is 2. The minimum Gasteiger partial charge on any atom is -0.507 e. The first-order valence-electron chi connectivity index (χ1n) is 7.45. The topological polar surface area (TPSA) is 88.1 Å². The minimum atomic E-state index is -0.861. The van der Waals surface area contributed by atoms with E-state index < -0.39 is 11.6 Å². The number of aromatic amines is 1. The molecular weight excluding hydrogens is 318 g/mol. The van der Waals surface area contributed by atoms with Gasteiger partial charge in [0.2, 0.25) is 0 Å². The molecule has 2 heterocycles. The van der Waals surface area contributed by atoms with Crippen molar-refractivity contribution in [2.24, 2.45) is 0 Å². The van der Waals surface area contributed by atoms with E-state index in [1.54, 1.807) is 24.3 Å². The van der Waals surface area contributed by atoms with E-state index in [-0.39, 0.29) is 17.2 Å². The van der Waals surface area contributed by atoms with Gasteiger partial charge in [0, 0.05) is 10.6 Å². The highest BCUT2D eigenvalue weighted by molar-refractivity contribution is 6.30. The molecule has 1 aliphatic carbocycles. The lowest BCUT2D eigenvalue weighted by molar-refractivity contribution is -0.146. The van der Waals surface area contributed by atoms with Crippen molar-refractivity contribution >= 4 is 23.1 Å².